The topological polar surface area (TPSA) is 92.2 Å². The second-order valence-electron chi connectivity index (χ2n) is 6.40. The molecule has 0 aliphatic rings. The molecular weight excluding hydrogens is 360 g/mol. The summed E-state index contributed by atoms with van der Waals surface area (Å²) in [6.45, 7) is 4.54. The first-order valence-corrected chi connectivity index (χ1v) is 9.44. The molecule has 0 radical (unpaired) electrons. The molecule has 0 aliphatic heterocycles. The van der Waals surface area contributed by atoms with Crippen LogP contribution in [0.2, 0.25) is 0 Å². The molecule has 0 unspecified atom stereocenters. The van der Waals surface area contributed by atoms with Gasteiger partial charge in [0.25, 0.3) is 5.89 Å². The van der Waals surface area contributed by atoms with Crippen molar-refractivity contribution in [3.05, 3.63) is 52.8 Å². The quantitative estimate of drug-likeness (QED) is 0.416. The van der Waals surface area contributed by atoms with Crippen molar-refractivity contribution in [3.8, 4) is 17.1 Å². The molecule has 28 heavy (non-hydrogen) atoms. The number of para-hydroxylation sites is 1. The molecule has 3 rings (SSSR count). The molecule has 1 aromatic carbocycles. The lowest BCUT2D eigenvalue weighted by atomic mass is 10.2. The number of aromatic nitrogens is 4. The third-order valence-electron chi connectivity index (χ3n) is 4.40. The lowest BCUT2D eigenvalue weighted by Gasteiger charge is -2.03. The van der Waals surface area contributed by atoms with Crippen LogP contribution in [0.25, 0.3) is 17.1 Å². The van der Waals surface area contributed by atoms with Gasteiger partial charge in [0.15, 0.2) is 0 Å². The number of hydrogen-bond acceptors (Lipinski definition) is 6. The number of nitrogens with zero attached hydrogens (tertiary/aromatic N) is 4. The number of ether oxygens (including phenoxy) is 1. The Balaban J connectivity index is 1.62. The SMILES string of the molecule is CCOC(=O)CCCCCn1nc(-c2cnn(-c3ccccc3)c2C)oc1=O. The monoisotopic (exact) mass is 384 g/mol. The van der Waals surface area contributed by atoms with E-state index in [9.17, 15) is 9.59 Å². The fourth-order valence-corrected chi connectivity index (χ4v) is 2.95. The second-order valence-corrected chi connectivity index (χ2v) is 6.40. The molecule has 0 atom stereocenters. The van der Waals surface area contributed by atoms with Gasteiger partial charge in [-0.05, 0) is 38.8 Å². The van der Waals surface area contributed by atoms with Gasteiger partial charge in [-0.15, -0.1) is 5.10 Å². The Kier molecular flexibility index (Phi) is 6.41. The second kappa shape index (κ2) is 9.16. The highest BCUT2D eigenvalue weighted by molar-refractivity contribution is 5.69. The van der Waals surface area contributed by atoms with Gasteiger partial charge < -0.3 is 9.15 Å². The highest BCUT2D eigenvalue weighted by Gasteiger charge is 2.17. The van der Waals surface area contributed by atoms with Crippen LogP contribution in [-0.2, 0) is 16.1 Å². The summed E-state index contributed by atoms with van der Waals surface area (Å²) < 4.78 is 13.3. The van der Waals surface area contributed by atoms with Gasteiger partial charge in [0.1, 0.15) is 0 Å². The molecule has 0 fully saturated rings. The summed E-state index contributed by atoms with van der Waals surface area (Å²) >= 11 is 0. The molecule has 8 nitrogen and oxygen atoms in total. The van der Waals surface area contributed by atoms with Crippen LogP contribution in [0, 0.1) is 6.92 Å². The first-order chi connectivity index (χ1) is 13.6. The van der Waals surface area contributed by atoms with Crippen molar-refractivity contribution in [2.75, 3.05) is 6.61 Å². The zero-order chi connectivity index (χ0) is 19.9. The highest BCUT2D eigenvalue weighted by atomic mass is 16.5. The summed E-state index contributed by atoms with van der Waals surface area (Å²) in [6.07, 6.45) is 4.30. The van der Waals surface area contributed by atoms with Gasteiger partial charge in [0, 0.05) is 13.0 Å². The number of carbonyl (C=O) groups excluding carboxylic acids is 1. The fourth-order valence-electron chi connectivity index (χ4n) is 2.95. The van der Waals surface area contributed by atoms with Gasteiger partial charge in [-0.1, -0.05) is 24.6 Å². The van der Waals surface area contributed by atoms with E-state index in [1.165, 1.54) is 4.68 Å². The molecule has 2 aromatic heterocycles. The Labute approximate surface area is 162 Å². The molecule has 0 saturated heterocycles. The fraction of sp³-hybridized carbons (Fsp3) is 0.400. The third-order valence-corrected chi connectivity index (χ3v) is 4.40. The van der Waals surface area contributed by atoms with Crippen molar-refractivity contribution < 1.29 is 13.9 Å². The molecule has 148 valence electrons. The first-order valence-electron chi connectivity index (χ1n) is 9.44. The number of aryl methyl sites for hydroxylation is 1. The first kappa shape index (κ1) is 19.6. The molecule has 0 bridgehead atoms. The lowest BCUT2D eigenvalue weighted by Crippen LogP contribution is -2.15. The van der Waals surface area contributed by atoms with E-state index in [1.807, 2.05) is 37.3 Å². The van der Waals surface area contributed by atoms with Gasteiger partial charge in [0.05, 0.1) is 29.7 Å². The minimum absolute atomic E-state index is 0.186. The number of rotatable bonds is 9. The van der Waals surface area contributed by atoms with E-state index in [-0.39, 0.29) is 11.9 Å². The maximum atomic E-state index is 12.1. The molecule has 8 heteroatoms. The zero-order valence-corrected chi connectivity index (χ0v) is 16.1. The van der Waals surface area contributed by atoms with Crippen LogP contribution in [-0.4, -0.2) is 32.1 Å². The van der Waals surface area contributed by atoms with Crippen LogP contribution < -0.4 is 5.76 Å². The summed E-state index contributed by atoms with van der Waals surface area (Å²) in [5.74, 6) is -0.419. The summed E-state index contributed by atoms with van der Waals surface area (Å²) in [4.78, 5) is 23.4. The Morgan fingerprint density at radius 1 is 1.18 bits per heavy atom. The van der Waals surface area contributed by atoms with Crippen molar-refractivity contribution in [2.24, 2.45) is 0 Å². The van der Waals surface area contributed by atoms with Crippen molar-refractivity contribution >= 4 is 5.97 Å². The van der Waals surface area contributed by atoms with Gasteiger partial charge >= 0.3 is 11.7 Å². The normalized spacial score (nSPS) is 10.9. The van der Waals surface area contributed by atoms with Crippen molar-refractivity contribution in [1.82, 2.24) is 19.6 Å². The molecule has 0 amide bonds. The van der Waals surface area contributed by atoms with Crippen LogP contribution in [0.5, 0.6) is 0 Å². The van der Waals surface area contributed by atoms with Gasteiger partial charge in [-0.3, -0.25) is 4.79 Å². The van der Waals surface area contributed by atoms with Crippen LogP contribution in [0.1, 0.15) is 38.3 Å². The molecule has 0 saturated carbocycles. The number of hydrogen-bond donors (Lipinski definition) is 0. The minimum Gasteiger partial charge on any atom is -0.466 e. The Bertz CT molecular complexity index is 972. The zero-order valence-electron chi connectivity index (χ0n) is 16.1. The standard InChI is InChI=1S/C20H24N4O4/c1-3-27-18(25)12-8-5-9-13-23-20(26)28-19(22-23)17-14-21-24(15(17)2)16-10-6-4-7-11-16/h4,6-7,10-11,14H,3,5,8-9,12-13H2,1-2H3. The lowest BCUT2D eigenvalue weighted by molar-refractivity contribution is -0.143. The van der Waals surface area contributed by atoms with E-state index >= 15 is 0 Å². The maximum absolute atomic E-state index is 12.1. The van der Waals surface area contributed by atoms with E-state index in [4.69, 9.17) is 9.15 Å². The molecule has 2 heterocycles. The molecule has 0 aliphatic carbocycles. The Hall–Kier alpha value is -3.16. The highest BCUT2D eigenvalue weighted by Crippen LogP contribution is 2.22. The van der Waals surface area contributed by atoms with E-state index in [2.05, 4.69) is 10.2 Å². The largest absolute Gasteiger partial charge is 0.466 e. The Morgan fingerprint density at radius 3 is 2.71 bits per heavy atom. The molecule has 3 aromatic rings. The van der Waals surface area contributed by atoms with Gasteiger partial charge in [-0.2, -0.15) is 9.78 Å². The summed E-state index contributed by atoms with van der Waals surface area (Å²) in [6, 6.07) is 9.72. The number of unbranched alkanes of at least 4 members (excludes halogenated alkanes) is 2. The van der Waals surface area contributed by atoms with Crippen molar-refractivity contribution in [2.45, 2.75) is 46.1 Å². The van der Waals surface area contributed by atoms with E-state index < -0.39 is 5.76 Å². The molecular formula is C20H24N4O4. The minimum atomic E-state index is -0.493. The smallest absolute Gasteiger partial charge is 0.437 e. The van der Waals surface area contributed by atoms with Crippen LogP contribution in [0.4, 0.5) is 0 Å². The molecule has 0 N–H and O–H groups in total. The number of carbonyl (C=O) groups is 1. The van der Waals surface area contributed by atoms with Crippen LogP contribution in [0.3, 0.4) is 0 Å². The van der Waals surface area contributed by atoms with Gasteiger partial charge in [0.2, 0.25) is 0 Å². The third kappa shape index (κ3) is 4.57. The van der Waals surface area contributed by atoms with E-state index in [0.29, 0.717) is 25.1 Å². The number of esters is 1. The van der Waals surface area contributed by atoms with Crippen LogP contribution in [0.15, 0.2) is 45.7 Å². The van der Waals surface area contributed by atoms with Crippen LogP contribution >= 0.6 is 0 Å². The summed E-state index contributed by atoms with van der Waals surface area (Å²) in [5.41, 5.74) is 2.45. The van der Waals surface area contributed by atoms with Crippen molar-refractivity contribution in [3.63, 3.8) is 0 Å². The average molecular weight is 384 g/mol. The predicted octanol–water partition coefficient (Wildman–Crippen LogP) is 3.12. The summed E-state index contributed by atoms with van der Waals surface area (Å²) in [5, 5.41) is 8.68. The van der Waals surface area contributed by atoms with E-state index in [0.717, 1.165) is 30.6 Å². The molecule has 0 spiro atoms. The van der Waals surface area contributed by atoms with Crippen molar-refractivity contribution in [1.29, 1.82) is 0 Å². The summed E-state index contributed by atoms with van der Waals surface area (Å²) in [7, 11) is 0. The predicted molar refractivity (Wildman–Crippen MR) is 103 cm³/mol. The number of benzene rings is 1. The Morgan fingerprint density at radius 2 is 1.96 bits per heavy atom. The maximum Gasteiger partial charge on any atom is 0.437 e. The van der Waals surface area contributed by atoms with E-state index in [1.54, 1.807) is 17.8 Å². The van der Waals surface area contributed by atoms with Gasteiger partial charge in [-0.25, -0.2) is 9.48 Å². The average Bonchev–Trinajstić information content (AvgIpc) is 3.25.